The molecule has 1 fully saturated rings. The SMILES string of the molecule is CCOC(=O)c1ccc(NC(=O)C[C@H]2C(=O)N(c3ccc(F)cc3)C(=S)N2CCNC(C)=O)cc1. The Labute approximate surface area is 207 Å². The quantitative estimate of drug-likeness (QED) is 0.402. The maximum atomic E-state index is 13.4. The molecule has 3 rings (SSSR count). The van der Waals surface area contributed by atoms with Crippen molar-refractivity contribution in [2.75, 3.05) is 29.9 Å². The van der Waals surface area contributed by atoms with Crippen molar-refractivity contribution in [1.29, 1.82) is 0 Å². The van der Waals surface area contributed by atoms with Crippen LogP contribution in [0.2, 0.25) is 0 Å². The van der Waals surface area contributed by atoms with E-state index in [0.29, 0.717) is 16.9 Å². The first-order valence-corrected chi connectivity index (χ1v) is 11.3. The summed E-state index contributed by atoms with van der Waals surface area (Å²) in [5.41, 5.74) is 1.17. The Kier molecular flexibility index (Phi) is 8.48. The van der Waals surface area contributed by atoms with E-state index >= 15 is 0 Å². The highest BCUT2D eigenvalue weighted by Crippen LogP contribution is 2.27. The highest BCUT2D eigenvalue weighted by atomic mass is 32.1. The van der Waals surface area contributed by atoms with E-state index in [1.165, 1.54) is 48.2 Å². The topological polar surface area (TPSA) is 108 Å². The average molecular weight is 501 g/mol. The molecule has 0 unspecified atom stereocenters. The molecule has 1 aliphatic heterocycles. The summed E-state index contributed by atoms with van der Waals surface area (Å²) in [5.74, 6) is -2.04. The van der Waals surface area contributed by atoms with Crippen molar-refractivity contribution in [2.45, 2.75) is 26.3 Å². The van der Waals surface area contributed by atoms with Crippen LogP contribution in [0.5, 0.6) is 0 Å². The van der Waals surface area contributed by atoms with Crippen molar-refractivity contribution >= 4 is 52.4 Å². The van der Waals surface area contributed by atoms with Gasteiger partial charge in [0.1, 0.15) is 11.9 Å². The highest BCUT2D eigenvalue weighted by Gasteiger charge is 2.43. The smallest absolute Gasteiger partial charge is 0.338 e. The molecule has 1 heterocycles. The molecule has 0 aliphatic carbocycles. The summed E-state index contributed by atoms with van der Waals surface area (Å²) < 4.78 is 18.3. The molecule has 0 radical (unpaired) electrons. The van der Waals surface area contributed by atoms with Crippen molar-refractivity contribution in [3.05, 3.63) is 59.9 Å². The first-order valence-electron chi connectivity index (χ1n) is 10.9. The van der Waals surface area contributed by atoms with Crippen LogP contribution < -0.4 is 15.5 Å². The summed E-state index contributed by atoms with van der Waals surface area (Å²) in [5, 5.41) is 5.51. The molecule has 1 aliphatic rings. The molecular weight excluding hydrogens is 475 g/mol. The van der Waals surface area contributed by atoms with Gasteiger partial charge in [0.2, 0.25) is 11.8 Å². The van der Waals surface area contributed by atoms with Crippen LogP contribution >= 0.6 is 12.2 Å². The Morgan fingerprint density at radius 1 is 1.09 bits per heavy atom. The normalized spacial score (nSPS) is 15.2. The van der Waals surface area contributed by atoms with Gasteiger partial charge in [-0.15, -0.1) is 0 Å². The van der Waals surface area contributed by atoms with Gasteiger partial charge in [-0.05, 0) is 67.7 Å². The van der Waals surface area contributed by atoms with Gasteiger partial charge < -0.3 is 20.3 Å². The van der Waals surface area contributed by atoms with Crippen LogP contribution in [0, 0.1) is 5.82 Å². The average Bonchev–Trinajstić information content (AvgIpc) is 3.04. The van der Waals surface area contributed by atoms with E-state index in [-0.39, 0.29) is 37.1 Å². The number of hydrogen-bond donors (Lipinski definition) is 2. The standard InChI is InChI=1S/C24H25FN4O5S/c1-3-34-23(33)16-4-8-18(9-5-16)27-21(31)14-20-22(32)29(19-10-6-17(25)7-11-19)24(35)28(20)13-12-26-15(2)30/h4-11,20H,3,12-14H2,1-2H3,(H,26,30)(H,27,31)/t20-/m0/s1. The summed E-state index contributed by atoms with van der Waals surface area (Å²) >= 11 is 5.50. The van der Waals surface area contributed by atoms with E-state index in [1.807, 2.05) is 0 Å². The minimum atomic E-state index is -0.917. The van der Waals surface area contributed by atoms with E-state index < -0.39 is 29.6 Å². The number of thiocarbonyl (C=S) groups is 1. The Balaban J connectivity index is 1.74. The lowest BCUT2D eigenvalue weighted by Crippen LogP contribution is -2.42. The highest BCUT2D eigenvalue weighted by molar-refractivity contribution is 7.80. The lowest BCUT2D eigenvalue weighted by molar-refractivity contribution is -0.124. The first kappa shape index (κ1) is 25.8. The van der Waals surface area contributed by atoms with Crippen LogP contribution in [0.3, 0.4) is 0 Å². The molecule has 2 N–H and O–H groups in total. The Morgan fingerprint density at radius 2 is 1.74 bits per heavy atom. The van der Waals surface area contributed by atoms with E-state index in [4.69, 9.17) is 17.0 Å². The maximum absolute atomic E-state index is 13.4. The fraction of sp³-hybridized carbons (Fsp3) is 0.292. The number of nitrogens with zero attached hydrogens (tertiary/aromatic N) is 2. The van der Waals surface area contributed by atoms with Crippen LogP contribution in [0.25, 0.3) is 0 Å². The zero-order chi connectivity index (χ0) is 25.5. The van der Waals surface area contributed by atoms with E-state index in [9.17, 15) is 23.6 Å². The van der Waals surface area contributed by atoms with Gasteiger partial charge in [-0.2, -0.15) is 0 Å². The third-order valence-electron chi connectivity index (χ3n) is 5.19. The van der Waals surface area contributed by atoms with E-state index in [0.717, 1.165) is 0 Å². The molecule has 0 aromatic heterocycles. The number of carbonyl (C=O) groups is 4. The summed E-state index contributed by atoms with van der Waals surface area (Å²) in [6.07, 6.45) is -0.212. The number of carbonyl (C=O) groups excluding carboxylic acids is 4. The second-order valence-electron chi connectivity index (χ2n) is 7.67. The van der Waals surface area contributed by atoms with Crippen molar-refractivity contribution in [3.63, 3.8) is 0 Å². The van der Waals surface area contributed by atoms with Gasteiger partial charge >= 0.3 is 5.97 Å². The minimum Gasteiger partial charge on any atom is -0.462 e. The van der Waals surface area contributed by atoms with Crippen LogP contribution in [-0.4, -0.2) is 59.4 Å². The molecule has 0 bridgehead atoms. The summed E-state index contributed by atoms with van der Waals surface area (Å²) in [6.45, 7) is 3.75. The van der Waals surface area contributed by atoms with Gasteiger partial charge in [-0.3, -0.25) is 19.3 Å². The van der Waals surface area contributed by atoms with Crippen molar-refractivity contribution in [3.8, 4) is 0 Å². The zero-order valence-electron chi connectivity index (χ0n) is 19.2. The Morgan fingerprint density at radius 3 is 2.34 bits per heavy atom. The van der Waals surface area contributed by atoms with Gasteiger partial charge in [-0.1, -0.05) is 0 Å². The van der Waals surface area contributed by atoms with Gasteiger partial charge in [0.25, 0.3) is 5.91 Å². The Bertz CT molecular complexity index is 1120. The molecule has 1 atom stereocenters. The van der Waals surface area contributed by atoms with Crippen LogP contribution in [-0.2, 0) is 19.1 Å². The number of nitrogens with one attached hydrogen (secondary N) is 2. The molecule has 2 aromatic rings. The van der Waals surface area contributed by atoms with Crippen LogP contribution in [0.4, 0.5) is 15.8 Å². The molecule has 3 amide bonds. The number of hydrogen-bond acceptors (Lipinski definition) is 6. The second-order valence-corrected chi connectivity index (χ2v) is 8.04. The maximum Gasteiger partial charge on any atom is 0.338 e. The molecule has 0 saturated carbocycles. The van der Waals surface area contributed by atoms with Gasteiger partial charge in [0.05, 0.1) is 24.3 Å². The van der Waals surface area contributed by atoms with Crippen LogP contribution in [0.15, 0.2) is 48.5 Å². The monoisotopic (exact) mass is 500 g/mol. The van der Waals surface area contributed by atoms with Gasteiger partial charge in [-0.25, -0.2) is 9.18 Å². The fourth-order valence-electron chi connectivity index (χ4n) is 3.56. The molecule has 0 spiro atoms. The minimum absolute atomic E-state index is 0.156. The third kappa shape index (κ3) is 6.38. The van der Waals surface area contributed by atoms with Crippen molar-refractivity contribution < 1.29 is 28.3 Å². The molecule has 35 heavy (non-hydrogen) atoms. The Hall–Kier alpha value is -3.86. The lowest BCUT2D eigenvalue weighted by Gasteiger charge is -2.24. The van der Waals surface area contributed by atoms with E-state index in [1.54, 1.807) is 24.0 Å². The van der Waals surface area contributed by atoms with E-state index in [2.05, 4.69) is 10.6 Å². The van der Waals surface area contributed by atoms with Gasteiger partial charge in [0, 0.05) is 25.7 Å². The predicted octanol–water partition coefficient (Wildman–Crippen LogP) is 2.47. The number of esters is 1. The third-order valence-corrected chi connectivity index (χ3v) is 5.61. The molecular formula is C24H25FN4O5S. The number of benzene rings is 2. The number of anilines is 2. The number of ether oxygens (including phenoxy) is 1. The zero-order valence-corrected chi connectivity index (χ0v) is 20.1. The summed E-state index contributed by atoms with van der Waals surface area (Å²) in [4.78, 5) is 52.0. The predicted molar refractivity (Wildman–Crippen MR) is 131 cm³/mol. The molecule has 184 valence electrons. The molecule has 2 aromatic carbocycles. The fourth-order valence-corrected chi connectivity index (χ4v) is 3.97. The van der Waals surface area contributed by atoms with Crippen molar-refractivity contribution in [1.82, 2.24) is 10.2 Å². The first-order chi connectivity index (χ1) is 16.7. The summed E-state index contributed by atoms with van der Waals surface area (Å²) in [6, 6.07) is 10.5. The van der Waals surface area contributed by atoms with Gasteiger partial charge in [0.15, 0.2) is 5.11 Å². The second kappa shape index (κ2) is 11.5. The number of halogens is 1. The lowest BCUT2D eigenvalue weighted by atomic mass is 10.1. The largest absolute Gasteiger partial charge is 0.462 e. The number of rotatable bonds is 9. The molecule has 1 saturated heterocycles. The van der Waals surface area contributed by atoms with Crippen molar-refractivity contribution in [2.24, 2.45) is 0 Å². The molecule has 11 heteroatoms. The summed E-state index contributed by atoms with van der Waals surface area (Å²) in [7, 11) is 0. The molecule has 9 nitrogen and oxygen atoms in total. The van der Waals surface area contributed by atoms with Crippen LogP contribution in [0.1, 0.15) is 30.6 Å². The number of amides is 3.